The van der Waals surface area contributed by atoms with Gasteiger partial charge in [0.1, 0.15) is 5.75 Å². The van der Waals surface area contributed by atoms with Crippen LogP contribution in [0.5, 0.6) is 5.75 Å². The summed E-state index contributed by atoms with van der Waals surface area (Å²) >= 11 is 5.61. The van der Waals surface area contributed by atoms with Crippen molar-refractivity contribution < 1.29 is 9.53 Å². The molecule has 3 heteroatoms. The molecule has 0 heterocycles. The van der Waals surface area contributed by atoms with Crippen LogP contribution < -0.4 is 4.74 Å². The fraction of sp³-hybridized carbons (Fsp3) is 0.154. The number of fused-ring (bicyclic) bond motifs is 1. The van der Waals surface area contributed by atoms with Crippen LogP contribution in [0.2, 0.25) is 0 Å². The average molecular weight is 235 g/mol. The van der Waals surface area contributed by atoms with Crippen molar-refractivity contribution in [1.29, 1.82) is 0 Å². The quantitative estimate of drug-likeness (QED) is 0.602. The summed E-state index contributed by atoms with van der Waals surface area (Å²) in [6.45, 7) is 0. The minimum Gasteiger partial charge on any atom is -0.496 e. The normalized spacial score (nSPS) is 10.4. The Morgan fingerprint density at radius 2 is 2.00 bits per heavy atom. The first kappa shape index (κ1) is 11.0. The molecule has 0 unspecified atom stereocenters. The van der Waals surface area contributed by atoms with Crippen molar-refractivity contribution in [3.8, 4) is 5.75 Å². The number of rotatable bonds is 3. The van der Waals surface area contributed by atoms with E-state index in [2.05, 4.69) is 0 Å². The van der Waals surface area contributed by atoms with Crippen LogP contribution in [-0.4, -0.2) is 18.8 Å². The lowest BCUT2D eigenvalue weighted by molar-refractivity contribution is 0.102. The van der Waals surface area contributed by atoms with E-state index in [0.29, 0.717) is 11.3 Å². The lowest BCUT2D eigenvalue weighted by atomic mass is 10.0. The molecule has 0 saturated carbocycles. The topological polar surface area (TPSA) is 26.3 Å². The monoisotopic (exact) mass is 234 g/mol. The Labute approximate surface area is 98.8 Å². The Morgan fingerprint density at radius 1 is 1.25 bits per heavy atom. The van der Waals surface area contributed by atoms with E-state index in [1.165, 1.54) is 0 Å². The van der Waals surface area contributed by atoms with Crippen LogP contribution >= 0.6 is 11.6 Å². The van der Waals surface area contributed by atoms with Crippen molar-refractivity contribution in [2.75, 3.05) is 13.0 Å². The SMILES string of the molecule is COc1ccc2ccccc2c1C(=O)CCl. The number of halogens is 1. The molecular weight excluding hydrogens is 224 g/mol. The van der Waals surface area contributed by atoms with E-state index in [1.54, 1.807) is 13.2 Å². The number of hydrogen-bond acceptors (Lipinski definition) is 2. The van der Waals surface area contributed by atoms with Gasteiger partial charge in [0.2, 0.25) is 0 Å². The number of Topliss-reactive ketones (excluding diaryl/α,β-unsaturated/α-hetero) is 1. The van der Waals surface area contributed by atoms with Crippen molar-refractivity contribution in [2.24, 2.45) is 0 Å². The summed E-state index contributed by atoms with van der Waals surface area (Å²) in [6, 6.07) is 11.4. The second-order valence-corrected chi connectivity index (χ2v) is 3.69. The molecule has 0 fully saturated rings. The molecule has 0 aromatic heterocycles. The molecule has 82 valence electrons. The van der Waals surface area contributed by atoms with Gasteiger partial charge in [-0.25, -0.2) is 0 Å². The third kappa shape index (κ3) is 1.76. The van der Waals surface area contributed by atoms with Crippen molar-refractivity contribution in [2.45, 2.75) is 0 Å². The van der Waals surface area contributed by atoms with Crippen LogP contribution in [0.1, 0.15) is 10.4 Å². The fourth-order valence-electron chi connectivity index (χ4n) is 1.78. The molecule has 0 saturated heterocycles. The number of carbonyl (C=O) groups excluding carboxylic acids is 1. The highest BCUT2D eigenvalue weighted by molar-refractivity contribution is 6.32. The van der Waals surface area contributed by atoms with Gasteiger partial charge in [0.15, 0.2) is 5.78 Å². The van der Waals surface area contributed by atoms with Gasteiger partial charge in [-0.15, -0.1) is 11.6 Å². The first-order chi connectivity index (χ1) is 7.77. The molecule has 2 nitrogen and oxygen atoms in total. The number of benzene rings is 2. The summed E-state index contributed by atoms with van der Waals surface area (Å²) in [5.41, 5.74) is 0.565. The van der Waals surface area contributed by atoms with Gasteiger partial charge < -0.3 is 4.74 Å². The van der Waals surface area contributed by atoms with Crippen LogP contribution in [-0.2, 0) is 0 Å². The summed E-state index contributed by atoms with van der Waals surface area (Å²) in [7, 11) is 1.55. The Morgan fingerprint density at radius 3 is 2.69 bits per heavy atom. The third-order valence-electron chi connectivity index (χ3n) is 2.51. The number of ether oxygens (including phenoxy) is 1. The third-order valence-corrected chi connectivity index (χ3v) is 2.75. The number of hydrogen-bond donors (Lipinski definition) is 0. The van der Waals surface area contributed by atoms with Crippen LogP contribution in [0.4, 0.5) is 0 Å². The number of methoxy groups -OCH3 is 1. The summed E-state index contributed by atoms with van der Waals surface area (Å²) in [4.78, 5) is 11.8. The highest BCUT2D eigenvalue weighted by Gasteiger charge is 2.14. The van der Waals surface area contributed by atoms with Gasteiger partial charge in [0.25, 0.3) is 0 Å². The van der Waals surface area contributed by atoms with Gasteiger partial charge in [-0.1, -0.05) is 30.3 Å². The maximum atomic E-state index is 11.8. The fourth-order valence-corrected chi connectivity index (χ4v) is 1.91. The lowest BCUT2D eigenvalue weighted by Gasteiger charge is -2.09. The average Bonchev–Trinajstić information content (AvgIpc) is 2.36. The van der Waals surface area contributed by atoms with E-state index in [0.717, 1.165) is 10.8 Å². The van der Waals surface area contributed by atoms with Gasteiger partial charge in [0.05, 0.1) is 18.6 Å². The van der Waals surface area contributed by atoms with Crippen molar-refractivity contribution in [3.63, 3.8) is 0 Å². The Hall–Kier alpha value is -1.54. The van der Waals surface area contributed by atoms with Crippen molar-refractivity contribution in [3.05, 3.63) is 42.0 Å². The van der Waals surface area contributed by atoms with Gasteiger partial charge in [0, 0.05) is 0 Å². The largest absolute Gasteiger partial charge is 0.496 e. The van der Waals surface area contributed by atoms with Crippen molar-refractivity contribution in [1.82, 2.24) is 0 Å². The molecular formula is C13H11ClO2. The summed E-state index contributed by atoms with van der Waals surface area (Å²) < 4.78 is 5.20. The van der Waals surface area contributed by atoms with E-state index in [4.69, 9.17) is 16.3 Å². The Balaban J connectivity index is 2.78. The van der Waals surface area contributed by atoms with Gasteiger partial charge in [-0.2, -0.15) is 0 Å². The zero-order chi connectivity index (χ0) is 11.5. The molecule has 0 atom stereocenters. The zero-order valence-electron chi connectivity index (χ0n) is 8.87. The van der Waals surface area contributed by atoms with Gasteiger partial charge in [-0.05, 0) is 16.8 Å². The molecule has 0 N–H and O–H groups in total. The second kappa shape index (κ2) is 4.54. The van der Waals surface area contributed by atoms with Crippen LogP contribution in [0.3, 0.4) is 0 Å². The molecule has 0 aliphatic heterocycles. The van der Waals surface area contributed by atoms with Gasteiger partial charge in [-0.3, -0.25) is 4.79 Å². The summed E-state index contributed by atoms with van der Waals surface area (Å²) in [5.74, 6) is 0.421. The van der Waals surface area contributed by atoms with E-state index < -0.39 is 0 Å². The maximum absolute atomic E-state index is 11.8. The smallest absolute Gasteiger partial charge is 0.181 e. The van der Waals surface area contributed by atoms with Gasteiger partial charge >= 0.3 is 0 Å². The predicted octanol–water partition coefficient (Wildman–Crippen LogP) is 3.27. The molecule has 0 radical (unpaired) electrons. The van der Waals surface area contributed by atoms with Crippen LogP contribution in [0.15, 0.2) is 36.4 Å². The number of carbonyl (C=O) groups is 1. The molecule has 0 amide bonds. The van der Waals surface area contributed by atoms with Crippen LogP contribution in [0, 0.1) is 0 Å². The van der Waals surface area contributed by atoms with Crippen LogP contribution in [0.25, 0.3) is 10.8 Å². The minimum absolute atomic E-state index is 0.0373. The summed E-state index contributed by atoms with van der Waals surface area (Å²) in [6.07, 6.45) is 0. The molecule has 2 rings (SSSR count). The molecule has 0 bridgehead atoms. The highest BCUT2D eigenvalue weighted by Crippen LogP contribution is 2.28. The predicted molar refractivity (Wildman–Crippen MR) is 65.6 cm³/mol. The number of alkyl halides is 1. The Kier molecular flexibility index (Phi) is 3.11. The molecule has 0 spiro atoms. The zero-order valence-corrected chi connectivity index (χ0v) is 9.62. The lowest BCUT2D eigenvalue weighted by Crippen LogP contribution is -2.04. The summed E-state index contributed by atoms with van der Waals surface area (Å²) in [5, 5.41) is 1.89. The minimum atomic E-state index is -0.115. The Bertz CT molecular complexity index is 534. The molecule has 0 aliphatic rings. The molecule has 16 heavy (non-hydrogen) atoms. The first-order valence-electron chi connectivity index (χ1n) is 4.93. The highest BCUT2D eigenvalue weighted by atomic mass is 35.5. The van der Waals surface area contributed by atoms with E-state index >= 15 is 0 Å². The van der Waals surface area contributed by atoms with Crippen molar-refractivity contribution >= 4 is 28.2 Å². The number of ketones is 1. The molecule has 2 aromatic carbocycles. The van der Waals surface area contributed by atoms with E-state index in [1.807, 2.05) is 30.3 Å². The molecule has 0 aliphatic carbocycles. The standard InChI is InChI=1S/C13H11ClO2/c1-16-12-7-6-9-4-2-3-5-10(9)13(12)11(15)8-14/h2-7H,8H2,1H3. The second-order valence-electron chi connectivity index (χ2n) is 3.42. The molecule has 2 aromatic rings. The first-order valence-corrected chi connectivity index (χ1v) is 5.46. The van der Waals surface area contributed by atoms with E-state index in [-0.39, 0.29) is 11.7 Å². The maximum Gasteiger partial charge on any atom is 0.181 e. The van der Waals surface area contributed by atoms with E-state index in [9.17, 15) is 4.79 Å².